The third kappa shape index (κ3) is 2.91. The van der Waals surface area contributed by atoms with Gasteiger partial charge in [-0.1, -0.05) is 12.5 Å². The summed E-state index contributed by atoms with van der Waals surface area (Å²) in [5, 5.41) is 0. The van der Waals surface area contributed by atoms with Crippen LogP contribution in [0.25, 0.3) is 5.57 Å². The second-order valence-corrected chi connectivity index (χ2v) is 7.77. The molecule has 0 unspecified atom stereocenters. The number of rotatable bonds is 2. The Kier molecular flexibility index (Phi) is 3.99. The molecule has 0 aromatic heterocycles. The fourth-order valence-electron chi connectivity index (χ4n) is 4.25. The van der Waals surface area contributed by atoms with Gasteiger partial charge >= 0.3 is 0 Å². The molecule has 4 rings (SSSR count). The molecule has 134 valence electrons. The minimum Gasteiger partial charge on any atom is -0.454 e. The van der Waals surface area contributed by atoms with Gasteiger partial charge in [-0.05, 0) is 58.3 Å². The van der Waals surface area contributed by atoms with Crippen LogP contribution in [0, 0.1) is 0 Å². The van der Waals surface area contributed by atoms with Crippen molar-refractivity contribution in [2.45, 2.75) is 45.6 Å². The van der Waals surface area contributed by atoms with Gasteiger partial charge in [0.2, 0.25) is 12.7 Å². The zero-order valence-electron chi connectivity index (χ0n) is 15.3. The summed E-state index contributed by atoms with van der Waals surface area (Å²) >= 11 is 0. The number of carbonyl (C=O) groups excluding carboxylic acids is 1. The largest absolute Gasteiger partial charge is 0.454 e. The molecule has 0 radical (unpaired) electrons. The van der Waals surface area contributed by atoms with Crippen LogP contribution in [0.3, 0.4) is 0 Å². The van der Waals surface area contributed by atoms with Crippen molar-refractivity contribution < 1.29 is 14.3 Å². The molecule has 1 aromatic rings. The Morgan fingerprint density at radius 3 is 2.52 bits per heavy atom. The van der Waals surface area contributed by atoms with E-state index in [4.69, 9.17) is 9.47 Å². The second-order valence-electron chi connectivity index (χ2n) is 7.77. The number of ether oxygens (including phenoxy) is 2. The molecule has 1 aromatic carbocycles. The third-order valence-electron chi connectivity index (χ3n) is 5.36. The van der Waals surface area contributed by atoms with E-state index < -0.39 is 0 Å². The average molecular weight is 342 g/mol. The molecule has 1 fully saturated rings. The number of anilines is 1. The quantitative estimate of drug-likeness (QED) is 0.826. The lowest BCUT2D eigenvalue weighted by Crippen LogP contribution is -2.52. The second kappa shape index (κ2) is 6.06. The highest BCUT2D eigenvalue weighted by molar-refractivity contribution is 6.02. The first-order chi connectivity index (χ1) is 12.0. The van der Waals surface area contributed by atoms with Crippen LogP contribution in [0.1, 0.15) is 45.6 Å². The van der Waals surface area contributed by atoms with Crippen LogP contribution in [0.5, 0.6) is 11.5 Å². The highest BCUT2D eigenvalue weighted by Crippen LogP contribution is 2.46. The molecular formula is C20H26N2O3. The van der Waals surface area contributed by atoms with E-state index in [-0.39, 0.29) is 18.2 Å². The van der Waals surface area contributed by atoms with Gasteiger partial charge in [0.1, 0.15) is 0 Å². The zero-order chi connectivity index (χ0) is 17.6. The molecule has 25 heavy (non-hydrogen) atoms. The smallest absolute Gasteiger partial charge is 0.241 e. The summed E-state index contributed by atoms with van der Waals surface area (Å²) in [4.78, 5) is 17.4. The number of benzene rings is 1. The summed E-state index contributed by atoms with van der Waals surface area (Å²) < 4.78 is 11.1. The van der Waals surface area contributed by atoms with Gasteiger partial charge in [-0.15, -0.1) is 0 Å². The lowest BCUT2D eigenvalue weighted by molar-refractivity contribution is -0.120. The molecule has 5 heteroatoms. The molecule has 0 N–H and O–H groups in total. The first-order valence-electron chi connectivity index (χ1n) is 9.14. The van der Waals surface area contributed by atoms with E-state index in [0.717, 1.165) is 35.8 Å². The fourth-order valence-corrected chi connectivity index (χ4v) is 4.25. The number of hydrogen-bond acceptors (Lipinski definition) is 4. The van der Waals surface area contributed by atoms with Gasteiger partial charge in [-0.3, -0.25) is 9.69 Å². The van der Waals surface area contributed by atoms with Gasteiger partial charge < -0.3 is 14.4 Å². The summed E-state index contributed by atoms with van der Waals surface area (Å²) in [6, 6.07) is 3.96. The number of carbonyl (C=O) groups is 1. The van der Waals surface area contributed by atoms with E-state index in [1.165, 1.54) is 24.8 Å². The molecule has 0 saturated carbocycles. The van der Waals surface area contributed by atoms with Crippen LogP contribution in [-0.2, 0) is 4.79 Å². The Morgan fingerprint density at radius 2 is 1.80 bits per heavy atom. The summed E-state index contributed by atoms with van der Waals surface area (Å²) in [5.74, 6) is 1.63. The van der Waals surface area contributed by atoms with Crippen molar-refractivity contribution in [3.05, 3.63) is 23.8 Å². The first kappa shape index (κ1) is 16.5. The monoisotopic (exact) mass is 342 g/mol. The van der Waals surface area contributed by atoms with Crippen LogP contribution in [-0.4, -0.2) is 42.8 Å². The number of hydrogen-bond donors (Lipinski definition) is 0. The molecule has 0 atom stereocenters. The van der Waals surface area contributed by atoms with Gasteiger partial charge in [-0.25, -0.2) is 0 Å². The highest BCUT2D eigenvalue weighted by atomic mass is 16.7. The highest BCUT2D eigenvalue weighted by Gasteiger charge is 2.37. The molecule has 0 spiro atoms. The van der Waals surface area contributed by atoms with E-state index in [0.29, 0.717) is 6.54 Å². The van der Waals surface area contributed by atoms with Crippen LogP contribution >= 0.6 is 0 Å². The normalized spacial score (nSPS) is 21.7. The van der Waals surface area contributed by atoms with Gasteiger partial charge in [0, 0.05) is 11.6 Å². The molecule has 1 saturated heterocycles. The van der Waals surface area contributed by atoms with E-state index in [2.05, 4.69) is 31.7 Å². The topological polar surface area (TPSA) is 42.0 Å². The molecule has 3 heterocycles. The van der Waals surface area contributed by atoms with Crippen molar-refractivity contribution in [2.24, 2.45) is 0 Å². The van der Waals surface area contributed by atoms with E-state index in [9.17, 15) is 4.79 Å². The number of allylic oxidation sites excluding steroid dienone is 1. The maximum atomic E-state index is 13.2. The predicted molar refractivity (Wildman–Crippen MR) is 98.1 cm³/mol. The number of amides is 1. The molecule has 3 aliphatic rings. The van der Waals surface area contributed by atoms with Crippen LogP contribution in [0.4, 0.5) is 5.69 Å². The first-order valence-corrected chi connectivity index (χ1v) is 9.14. The fraction of sp³-hybridized carbons (Fsp3) is 0.550. The summed E-state index contributed by atoms with van der Waals surface area (Å²) in [6.45, 7) is 9.04. The molecule has 5 nitrogen and oxygen atoms in total. The Hall–Kier alpha value is -2.01. The SMILES string of the molecule is CC1=CC(C)(C)N(C(=O)CN2CCCCC2)c2cc3c(cc21)OCO3. The Labute approximate surface area is 149 Å². The van der Waals surface area contributed by atoms with Crippen molar-refractivity contribution in [2.75, 3.05) is 31.3 Å². The van der Waals surface area contributed by atoms with Crippen LogP contribution < -0.4 is 14.4 Å². The summed E-state index contributed by atoms with van der Waals surface area (Å²) in [6.07, 6.45) is 5.82. The number of nitrogens with zero attached hydrogens (tertiary/aromatic N) is 2. The number of likely N-dealkylation sites (tertiary alicyclic amines) is 1. The Bertz CT molecular complexity index is 733. The Morgan fingerprint density at radius 1 is 1.12 bits per heavy atom. The van der Waals surface area contributed by atoms with E-state index in [1.807, 2.05) is 17.0 Å². The standard InChI is InChI=1S/C20H26N2O3/c1-14-11-20(2,3)22(19(23)12-21-7-5-4-6-8-21)16-10-18-17(9-15(14)16)24-13-25-18/h9-11H,4-8,12-13H2,1-3H3. The average Bonchev–Trinajstić information content (AvgIpc) is 3.01. The van der Waals surface area contributed by atoms with Gasteiger partial charge in [0.05, 0.1) is 17.8 Å². The maximum Gasteiger partial charge on any atom is 0.241 e. The number of piperidine rings is 1. The van der Waals surface area contributed by atoms with Crippen molar-refractivity contribution in [3.8, 4) is 11.5 Å². The van der Waals surface area contributed by atoms with Crippen molar-refractivity contribution in [3.63, 3.8) is 0 Å². The number of fused-ring (bicyclic) bond motifs is 2. The lowest BCUT2D eigenvalue weighted by Gasteiger charge is -2.42. The summed E-state index contributed by atoms with van der Waals surface area (Å²) in [7, 11) is 0. The minimum absolute atomic E-state index is 0.149. The molecule has 0 aliphatic carbocycles. The minimum atomic E-state index is -0.363. The van der Waals surface area contributed by atoms with Gasteiger partial charge in [0.25, 0.3) is 0 Å². The third-order valence-corrected chi connectivity index (χ3v) is 5.36. The lowest BCUT2D eigenvalue weighted by atomic mass is 9.88. The van der Waals surface area contributed by atoms with Crippen LogP contribution in [0.15, 0.2) is 18.2 Å². The predicted octanol–water partition coefficient (Wildman–Crippen LogP) is 3.43. The van der Waals surface area contributed by atoms with E-state index in [1.54, 1.807) is 0 Å². The molecule has 3 aliphatic heterocycles. The summed E-state index contributed by atoms with van der Waals surface area (Å²) in [5.41, 5.74) is 2.78. The maximum absolute atomic E-state index is 13.2. The van der Waals surface area contributed by atoms with Crippen molar-refractivity contribution >= 4 is 17.2 Å². The zero-order valence-corrected chi connectivity index (χ0v) is 15.3. The Balaban J connectivity index is 1.70. The molecule has 0 bridgehead atoms. The molecule has 1 amide bonds. The molecular weight excluding hydrogens is 316 g/mol. The van der Waals surface area contributed by atoms with Gasteiger partial charge in [-0.2, -0.15) is 0 Å². The van der Waals surface area contributed by atoms with E-state index >= 15 is 0 Å². The van der Waals surface area contributed by atoms with Crippen molar-refractivity contribution in [1.82, 2.24) is 4.90 Å². The van der Waals surface area contributed by atoms with Gasteiger partial charge in [0.15, 0.2) is 11.5 Å². The van der Waals surface area contributed by atoms with Crippen molar-refractivity contribution in [1.29, 1.82) is 0 Å². The van der Waals surface area contributed by atoms with Crippen LogP contribution in [0.2, 0.25) is 0 Å².